The van der Waals surface area contributed by atoms with Crippen molar-refractivity contribution in [2.45, 2.75) is 37.5 Å². The van der Waals surface area contributed by atoms with Crippen molar-refractivity contribution in [1.29, 1.82) is 0 Å². The third-order valence-electron chi connectivity index (χ3n) is 3.99. The van der Waals surface area contributed by atoms with Gasteiger partial charge in [-0.2, -0.15) is 0 Å². The first-order chi connectivity index (χ1) is 10.1. The molecule has 0 aromatic carbocycles. The number of hydrogen-bond acceptors (Lipinski definition) is 4. The van der Waals surface area contributed by atoms with E-state index in [2.05, 4.69) is 18.8 Å². The number of pyridine rings is 1. The quantitative estimate of drug-likeness (QED) is 0.857. The number of ether oxygens (including phenoxy) is 1. The first-order valence-electron chi connectivity index (χ1n) is 7.56. The van der Waals surface area contributed by atoms with E-state index in [1.54, 1.807) is 6.20 Å². The van der Waals surface area contributed by atoms with Gasteiger partial charge in [-0.1, -0.05) is 19.9 Å². The van der Waals surface area contributed by atoms with Crippen LogP contribution in [0.5, 0.6) is 5.88 Å². The Hall–Kier alpha value is -1.23. The van der Waals surface area contributed by atoms with Crippen molar-refractivity contribution >= 4 is 17.7 Å². The fourth-order valence-electron chi connectivity index (χ4n) is 2.99. The lowest BCUT2D eigenvalue weighted by Gasteiger charge is -2.47. The molecule has 5 heteroatoms. The molecule has 0 bridgehead atoms. The van der Waals surface area contributed by atoms with Crippen molar-refractivity contribution in [3.63, 3.8) is 0 Å². The topological polar surface area (TPSA) is 42.4 Å². The van der Waals surface area contributed by atoms with Crippen molar-refractivity contribution in [2.24, 2.45) is 5.92 Å². The average molecular weight is 306 g/mol. The first-order valence-corrected chi connectivity index (χ1v) is 8.54. The molecule has 1 aromatic heterocycles. The second-order valence-electron chi connectivity index (χ2n) is 6.45. The molecule has 2 aliphatic heterocycles. The summed E-state index contributed by atoms with van der Waals surface area (Å²) in [6.07, 6.45) is 3.64. The molecule has 3 heterocycles. The molecular formula is C16H22N2O2S. The molecule has 2 fully saturated rings. The summed E-state index contributed by atoms with van der Waals surface area (Å²) >= 11 is 1.95. The van der Waals surface area contributed by atoms with Gasteiger partial charge in [-0.3, -0.25) is 4.79 Å². The van der Waals surface area contributed by atoms with E-state index >= 15 is 0 Å². The van der Waals surface area contributed by atoms with Crippen LogP contribution in [0, 0.1) is 5.92 Å². The molecule has 1 atom stereocenters. The van der Waals surface area contributed by atoms with Crippen molar-refractivity contribution in [3.05, 3.63) is 24.4 Å². The summed E-state index contributed by atoms with van der Waals surface area (Å²) in [6, 6.07) is 5.73. The van der Waals surface area contributed by atoms with Gasteiger partial charge in [0.2, 0.25) is 11.8 Å². The summed E-state index contributed by atoms with van der Waals surface area (Å²) < 4.78 is 6.16. The van der Waals surface area contributed by atoms with E-state index in [1.165, 1.54) is 0 Å². The molecule has 2 saturated heterocycles. The van der Waals surface area contributed by atoms with Gasteiger partial charge in [0.05, 0.1) is 4.75 Å². The number of carbonyl (C=O) groups is 1. The summed E-state index contributed by atoms with van der Waals surface area (Å²) in [7, 11) is 0. The lowest BCUT2D eigenvalue weighted by atomic mass is 9.92. The Labute approximate surface area is 130 Å². The molecule has 0 aliphatic carbocycles. The third-order valence-corrected chi connectivity index (χ3v) is 5.57. The Morgan fingerprint density at radius 1 is 1.52 bits per heavy atom. The van der Waals surface area contributed by atoms with Crippen LogP contribution in [0.4, 0.5) is 0 Å². The highest BCUT2D eigenvalue weighted by molar-refractivity contribution is 8.01. The Kier molecular flexibility index (Phi) is 4.11. The van der Waals surface area contributed by atoms with E-state index in [0.29, 0.717) is 24.1 Å². The van der Waals surface area contributed by atoms with Crippen LogP contribution in [-0.4, -0.2) is 45.5 Å². The van der Waals surface area contributed by atoms with Crippen LogP contribution in [0.3, 0.4) is 0 Å². The first kappa shape index (κ1) is 14.7. The Morgan fingerprint density at radius 2 is 2.33 bits per heavy atom. The van der Waals surface area contributed by atoms with Crippen molar-refractivity contribution < 1.29 is 9.53 Å². The summed E-state index contributed by atoms with van der Waals surface area (Å²) in [5.41, 5.74) is 0. The number of likely N-dealkylation sites (tertiary alicyclic amines) is 1. The number of carbonyl (C=O) groups excluding carboxylic acids is 1. The number of rotatable bonds is 4. The molecule has 0 unspecified atom stereocenters. The number of aromatic nitrogens is 1. The van der Waals surface area contributed by atoms with Gasteiger partial charge in [-0.25, -0.2) is 4.98 Å². The smallest absolute Gasteiger partial charge is 0.222 e. The monoisotopic (exact) mass is 306 g/mol. The van der Waals surface area contributed by atoms with Gasteiger partial charge >= 0.3 is 0 Å². The standard InChI is InChI=1S/C16H22N2O2S/c1-12(2)7-15(19)18-10-16(11-18)8-13(9-21-16)20-14-5-3-4-6-17-14/h3-6,12-13H,7-11H2,1-2H3/t13-/m0/s1. The lowest BCUT2D eigenvalue weighted by Crippen LogP contribution is -2.61. The zero-order chi connectivity index (χ0) is 14.9. The van der Waals surface area contributed by atoms with Crippen molar-refractivity contribution in [1.82, 2.24) is 9.88 Å². The summed E-state index contributed by atoms with van der Waals surface area (Å²) in [4.78, 5) is 18.2. The maximum absolute atomic E-state index is 12.0. The normalized spacial score (nSPS) is 23.4. The third kappa shape index (κ3) is 3.34. The molecule has 0 N–H and O–H groups in total. The van der Waals surface area contributed by atoms with Crippen LogP contribution >= 0.6 is 11.8 Å². The predicted molar refractivity (Wildman–Crippen MR) is 84.5 cm³/mol. The van der Waals surface area contributed by atoms with Crippen LogP contribution in [0.15, 0.2) is 24.4 Å². The van der Waals surface area contributed by atoms with Gasteiger partial charge in [0, 0.05) is 43.9 Å². The number of thioether (sulfide) groups is 1. The minimum absolute atomic E-state index is 0.215. The molecule has 3 rings (SSSR count). The molecule has 2 aliphatic rings. The van der Waals surface area contributed by atoms with Crippen LogP contribution in [-0.2, 0) is 4.79 Å². The van der Waals surface area contributed by atoms with Gasteiger partial charge in [0.25, 0.3) is 0 Å². The predicted octanol–water partition coefficient (Wildman–Crippen LogP) is 2.59. The fourth-order valence-corrected chi connectivity index (χ4v) is 4.51. The van der Waals surface area contributed by atoms with Gasteiger partial charge < -0.3 is 9.64 Å². The molecule has 0 radical (unpaired) electrons. The van der Waals surface area contributed by atoms with E-state index in [1.807, 2.05) is 34.9 Å². The van der Waals surface area contributed by atoms with E-state index in [-0.39, 0.29) is 10.9 Å². The molecule has 0 saturated carbocycles. The Balaban J connectivity index is 1.49. The van der Waals surface area contributed by atoms with E-state index in [4.69, 9.17) is 4.74 Å². The maximum atomic E-state index is 12.0. The SMILES string of the molecule is CC(C)CC(=O)N1CC2(C[C@H](Oc3ccccn3)CS2)C1. The van der Waals surface area contributed by atoms with Gasteiger partial charge in [-0.05, 0) is 12.0 Å². The maximum Gasteiger partial charge on any atom is 0.222 e. The Morgan fingerprint density at radius 3 is 3.00 bits per heavy atom. The van der Waals surface area contributed by atoms with Gasteiger partial charge in [0.15, 0.2) is 0 Å². The van der Waals surface area contributed by atoms with E-state index < -0.39 is 0 Å². The van der Waals surface area contributed by atoms with Crippen molar-refractivity contribution in [3.8, 4) is 5.88 Å². The summed E-state index contributed by atoms with van der Waals surface area (Å²) in [6.45, 7) is 5.94. The van der Waals surface area contributed by atoms with Crippen LogP contribution in [0.25, 0.3) is 0 Å². The largest absolute Gasteiger partial charge is 0.473 e. The van der Waals surface area contributed by atoms with Crippen molar-refractivity contribution in [2.75, 3.05) is 18.8 Å². The van der Waals surface area contributed by atoms with Gasteiger partial charge in [-0.15, -0.1) is 11.8 Å². The summed E-state index contributed by atoms with van der Waals surface area (Å²) in [5, 5.41) is 0. The fraction of sp³-hybridized carbons (Fsp3) is 0.625. The Bertz CT molecular complexity index is 500. The molecule has 1 aromatic rings. The average Bonchev–Trinajstić information content (AvgIpc) is 2.81. The second-order valence-corrected chi connectivity index (χ2v) is 7.94. The molecule has 1 spiro atoms. The van der Waals surface area contributed by atoms with Crippen LogP contribution in [0.2, 0.25) is 0 Å². The van der Waals surface area contributed by atoms with E-state index in [9.17, 15) is 4.79 Å². The van der Waals surface area contributed by atoms with E-state index in [0.717, 1.165) is 25.3 Å². The molecule has 21 heavy (non-hydrogen) atoms. The highest BCUT2D eigenvalue weighted by Crippen LogP contribution is 2.46. The highest BCUT2D eigenvalue weighted by Gasteiger charge is 2.51. The molecular weight excluding hydrogens is 284 g/mol. The highest BCUT2D eigenvalue weighted by atomic mass is 32.2. The molecule has 1 amide bonds. The molecule has 114 valence electrons. The zero-order valence-electron chi connectivity index (χ0n) is 12.6. The van der Waals surface area contributed by atoms with Crippen LogP contribution < -0.4 is 4.74 Å². The van der Waals surface area contributed by atoms with Gasteiger partial charge in [0.1, 0.15) is 6.10 Å². The second kappa shape index (κ2) is 5.87. The summed E-state index contributed by atoms with van der Waals surface area (Å²) in [5.74, 6) is 2.42. The number of nitrogens with zero attached hydrogens (tertiary/aromatic N) is 2. The number of amides is 1. The van der Waals surface area contributed by atoms with Crippen LogP contribution in [0.1, 0.15) is 26.7 Å². The number of hydrogen-bond donors (Lipinski definition) is 0. The lowest BCUT2D eigenvalue weighted by molar-refractivity contribution is -0.137. The minimum Gasteiger partial charge on any atom is -0.473 e. The molecule has 4 nitrogen and oxygen atoms in total. The zero-order valence-corrected chi connectivity index (χ0v) is 13.4. The minimum atomic E-state index is 0.215.